The van der Waals surface area contributed by atoms with Crippen molar-refractivity contribution in [1.29, 1.82) is 0 Å². The van der Waals surface area contributed by atoms with Gasteiger partial charge in [0.1, 0.15) is 23.7 Å². The van der Waals surface area contributed by atoms with Gasteiger partial charge in [-0.3, -0.25) is 0 Å². The van der Waals surface area contributed by atoms with Gasteiger partial charge >= 0.3 is 0 Å². The van der Waals surface area contributed by atoms with Crippen LogP contribution in [0.4, 0.5) is 5.95 Å². The van der Waals surface area contributed by atoms with Crippen LogP contribution in [0.2, 0.25) is 0 Å². The van der Waals surface area contributed by atoms with Crippen LogP contribution < -0.4 is 10.5 Å². The van der Waals surface area contributed by atoms with Crippen LogP contribution in [0.1, 0.15) is 26.6 Å². The van der Waals surface area contributed by atoms with Crippen molar-refractivity contribution >= 4 is 17.0 Å². The molecule has 2 N–H and O–H groups in total. The van der Waals surface area contributed by atoms with E-state index in [0.29, 0.717) is 0 Å². The fraction of sp³-hybridized carbons (Fsp3) is 0.240. The summed E-state index contributed by atoms with van der Waals surface area (Å²) >= 11 is 0. The van der Waals surface area contributed by atoms with E-state index in [-0.39, 0.29) is 11.5 Å². The molecule has 0 saturated carbocycles. The molecule has 0 bridgehead atoms. The van der Waals surface area contributed by atoms with Crippen LogP contribution in [0.15, 0.2) is 55.1 Å². The van der Waals surface area contributed by atoms with Crippen molar-refractivity contribution < 1.29 is 4.74 Å². The molecule has 0 amide bonds. The lowest BCUT2D eigenvalue weighted by Crippen LogP contribution is -2.23. The van der Waals surface area contributed by atoms with Crippen LogP contribution in [-0.2, 0) is 5.54 Å². The number of anilines is 1. The van der Waals surface area contributed by atoms with Gasteiger partial charge in [-0.2, -0.15) is 5.10 Å². The third-order valence-electron chi connectivity index (χ3n) is 5.72. The standard InChI is InChI=1S/C25H26N8O/c1-15-29-14-30-33(15)21-9-7-18(34-5)11-19(21)23-31-20-10-16(17-12-27-24(26)28-13-17)6-8-22(20)32(23)25(2,3)4/h6-14H,1-5H3,(H2,26,27,28). The highest BCUT2D eigenvalue weighted by atomic mass is 16.5. The Morgan fingerprint density at radius 3 is 2.35 bits per heavy atom. The number of nitrogen functional groups attached to an aromatic ring is 1. The minimum absolute atomic E-state index is 0.242. The highest BCUT2D eigenvalue weighted by molar-refractivity contribution is 5.87. The van der Waals surface area contributed by atoms with Gasteiger partial charge in [-0.15, -0.1) is 0 Å². The molecule has 34 heavy (non-hydrogen) atoms. The molecule has 5 rings (SSSR count). The van der Waals surface area contributed by atoms with Gasteiger partial charge in [-0.25, -0.2) is 24.6 Å². The Hall–Kier alpha value is -4.27. The molecule has 0 aliphatic rings. The largest absolute Gasteiger partial charge is 0.497 e. The third kappa shape index (κ3) is 3.64. The van der Waals surface area contributed by atoms with Crippen LogP contribution in [0.25, 0.3) is 39.2 Å². The Kier molecular flexibility index (Phi) is 5.04. The zero-order valence-electron chi connectivity index (χ0n) is 19.8. The number of nitrogens with two attached hydrogens (primary N) is 1. The summed E-state index contributed by atoms with van der Waals surface area (Å²) in [6, 6.07) is 12.1. The number of imidazole rings is 1. The minimum Gasteiger partial charge on any atom is -0.497 e. The minimum atomic E-state index is -0.242. The predicted octanol–water partition coefficient (Wildman–Crippen LogP) is 4.40. The van der Waals surface area contributed by atoms with Crippen LogP contribution in [0.3, 0.4) is 0 Å². The van der Waals surface area contributed by atoms with Gasteiger partial charge < -0.3 is 15.0 Å². The molecule has 0 spiro atoms. The number of rotatable bonds is 4. The first-order valence-electron chi connectivity index (χ1n) is 10.9. The van der Waals surface area contributed by atoms with E-state index in [1.54, 1.807) is 25.8 Å². The summed E-state index contributed by atoms with van der Waals surface area (Å²) in [4.78, 5) is 17.7. The summed E-state index contributed by atoms with van der Waals surface area (Å²) in [5, 5.41) is 4.44. The van der Waals surface area contributed by atoms with Crippen LogP contribution in [0, 0.1) is 6.92 Å². The molecule has 0 radical (unpaired) electrons. The van der Waals surface area contributed by atoms with Crippen molar-refractivity contribution in [3.63, 3.8) is 0 Å². The SMILES string of the molecule is COc1ccc(-n2ncnc2C)c(-c2nc3cc(-c4cnc(N)nc4)ccc3n2C(C)(C)C)c1. The average molecular weight is 455 g/mol. The molecule has 0 unspecified atom stereocenters. The first-order chi connectivity index (χ1) is 16.3. The number of methoxy groups -OCH3 is 1. The predicted molar refractivity (Wildman–Crippen MR) is 132 cm³/mol. The summed E-state index contributed by atoms with van der Waals surface area (Å²) in [7, 11) is 1.66. The van der Waals surface area contributed by atoms with Gasteiger partial charge in [0, 0.05) is 29.1 Å². The number of hydrogen-bond donors (Lipinski definition) is 1. The average Bonchev–Trinajstić information content (AvgIpc) is 3.42. The number of nitrogens with zero attached hydrogens (tertiary/aromatic N) is 7. The van der Waals surface area contributed by atoms with Crippen LogP contribution in [0.5, 0.6) is 5.75 Å². The molecule has 172 valence electrons. The lowest BCUT2D eigenvalue weighted by molar-refractivity contribution is 0.410. The Labute approximate surface area is 197 Å². The fourth-order valence-corrected chi connectivity index (χ4v) is 4.15. The van der Waals surface area contributed by atoms with E-state index in [2.05, 4.69) is 63.6 Å². The zero-order valence-corrected chi connectivity index (χ0v) is 19.8. The lowest BCUT2D eigenvalue weighted by Gasteiger charge is -2.25. The van der Waals surface area contributed by atoms with E-state index in [9.17, 15) is 0 Å². The molecule has 0 saturated heterocycles. The Morgan fingerprint density at radius 2 is 1.71 bits per heavy atom. The summed E-state index contributed by atoms with van der Waals surface area (Å²) in [6.07, 6.45) is 4.99. The number of aryl methyl sites for hydroxylation is 1. The highest BCUT2D eigenvalue weighted by Crippen LogP contribution is 2.37. The normalized spacial score (nSPS) is 11.8. The van der Waals surface area contributed by atoms with E-state index < -0.39 is 0 Å². The van der Waals surface area contributed by atoms with Gasteiger partial charge in [-0.05, 0) is 63.6 Å². The molecule has 5 aromatic rings. The second-order valence-electron chi connectivity index (χ2n) is 9.08. The van der Waals surface area contributed by atoms with Crippen LogP contribution in [-0.4, -0.2) is 41.4 Å². The van der Waals surface area contributed by atoms with E-state index in [1.807, 2.05) is 29.8 Å². The number of hydrogen-bond acceptors (Lipinski definition) is 7. The first kappa shape index (κ1) is 21.6. The van der Waals surface area contributed by atoms with Crippen molar-refractivity contribution in [2.45, 2.75) is 33.2 Å². The number of aromatic nitrogens is 7. The van der Waals surface area contributed by atoms with E-state index in [4.69, 9.17) is 15.5 Å². The Morgan fingerprint density at radius 1 is 0.941 bits per heavy atom. The van der Waals surface area contributed by atoms with Crippen molar-refractivity contribution in [3.05, 3.63) is 60.9 Å². The highest BCUT2D eigenvalue weighted by Gasteiger charge is 2.25. The molecule has 0 aliphatic heterocycles. The summed E-state index contributed by atoms with van der Waals surface area (Å²) in [5.41, 5.74) is 10.9. The fourth-order valence-electron chi connectivity index (χ4n) is 4.15. The maximum absolute atomic E-state index is 5.66. The lowest BCUT2D eigenvalue weighted by atomic mass is 10.0. The van der Waals surface area contributed by atoms with E-state index in [1.165, 1.54) is 0 Å². The molecular weight excluding hydrogens is 428 g/mol. The Balaban J connectivity index is 1.78. The van der Waals surface area contributed by atoms with Crippen molar-refractivity contribution in [2.24, 2.45) is 0 Å². The smallest absolute Gasteiger partial charge is 0.219 e. The summed E-state index contributed by atoms with van der Waals surface area (Å²) in [6.45, 7) is 8.43. The number of ether oxygens (including phenoxy) is 1. The molecule has 0 atom stereocenters. The van der Waals surface area contributed by atoms with Crippen molar-refractivity contribution in [2.75, 3.05) is 12.8 Å². The van der Waals surface area contributed by atoms with Crippen LogP contribution >= 0.6 is 0 Å². The molecule has 9 nitrogen and oxygen atoms in total. The van der Waals surface area contributed by atoms with E-state index >= 15 is 0 Å². The van der Waals surface area contributed by atoms with Gasteiger partial charge in [0.2, 0.25) is 5.95 Å². The molecule has 3 heterocycles. The monoisotopic (exact) mass is 454 g/mol. The first-order valence-corrected chi connectivity index (χ1v) is 10.9. The van der Waals surface area contributed by atoms with Gasteiger partial charge in [0.05, 0.1) is 23.8 Å². The molecule has 3 aromatic heterocycles. The molecule has 9 heteroatoms. The topological polar surface area (TPSA) is 110 Å². The molecule has 0 fully saturated rings. The second-order valence-corrected chi connectivity index (χ2v) is 9.08. The van der Waals surface area contributed by atoms with Gasteiger partial charge in [0.25, 0.3) is 0 Å². The van der Waals surface area contributed by atoms with Gasteiger partial charge in [-0.1, -0.05) is 6.07 Å². The maximum Gasteiger partial charge on any atom is 0.219 e. The summed E-state index contributed by atoms with van der Waals surface area (Å²) < 4.78 is 9.62. The zero-order chi connectivity index (χ0) is 24.0. The quantitative estimate of drug-likeness (QED) is 0.429. The van der Waals surface area contributed by atoms with Crippen molar-refractivity contribution in [1.82, 2.24) is 34.3 Å². The summed E-state index contributed by atoms with van der Waals surface area (Å²) in [5.74, 6) is 2.59. The second kappa shape index (κ2) is 7.95. The Bertz CT molecular complexity index is 1490. The van der Waals surface area contributed by atoms with Gasteiger partial charge in [0.15, 0.2) is 0 Å². The maximum atomic E-state index is 5.66. The van der Waals surface area contributed by atoms with Crippen molar-refractivity contribution in [3.8, 4) is 34.0 Å². The van der Waals surface area contributed by atoms with E-state index in [0.717, 1.165) is 50.8 Å². The molecular formula is C25H26N8O. The molecule has 0 aliphatic carbocycles. The molecule has 2 aromatic carbocycles. The number of benzene rings is 2. The third-order valence-corrected chi connectivity index (χ3v) is 5.72. The number of fused-ring (bicyclic) bond motifs is 1.